The molecule has 4 aromatic rings. The predicted octanol–water partition coefficient (Wildman–Crippen LogP) is 5.94. The molecule has 0 spiro atoms. The fraction of sp³-hybridized carbons (Fsp3) is 0.491. The largest absolute Gasteiger partial charge is 0.444 e. The molecule has 3 aromatic carbocycles. The Labute approximate surface area is 433 Å². The number of nitrogens with one attached hydrogen (secondary N) is 4. The zero-order valence-electron chi connectivity index (χ0n) is 43.6. The topological polar surface area (TPSA) is 269 Å². The zero-order chi connectivity index (χ0) is 54.0. The van der Waals surface area contributed by atoms with E-state index in [4.69, 9.17) is 20.9 Å². The van der Waals surface area contributed by atoms with Crippen molar-refractivity contribution in [1.82, 2.24) is 35.9 Å². The molecular formula is C55H75N9O10. The van der Waals surface area contributed by atoms with Crippen LogP contribution in [0.1, 0.15) is 116 Å². The monoisotopic (exact) mass is 1020 g/mol. The summed E-state index contributed by atoms with van der Waals surface area (Å²) in [5.41, 5.74) is 13.2. The molecule has 5 atom stereocenters. The molecule has 0 aliphatic carbocycles. The summed E-state index contributed by atoms with van der Waals surface area (Å²) in [6, 6.07) is 18.0. The fourth-order valence-electron chi connectivity index (χ4n) is 8.74. The number of benzene rings is 3. The highest BCUT2D eigenvalue weighted by molar-refractivity contribution is 6.02. The van der Waals surface area contributed by atoms with Gasteiger partial charge in [-0.3, -0.25) is 28.8 Å². The molecule has 74 heavy (non-hydrogen) atoms. The molecule has 8 amide bonds. The minimum Gasteiger partial charge on any atom is -0.444 e. The number of ether oxygens (including phenoxy) is 2. The third kappa shape index (κ3) is 16.6. The summed E-state index contributed by atoms with van der Waals surface area (Å²) in [6.45, 7) is 10.8. The van der Waals surface area contributed by atoms with Crippen LogP contribution in [0, 0.1) is 5.92 Å². The van der Waals surface area contributed by atoms with E-state index in [1.165, 1.54) is 5.01 Å². The summed E-state index contributed by atoms with van der Waals surface area (Å²) in [4.78, 5) is 119. The lowest BCUT2D eigenvalue weighted by Crippen LogP contribution is -2.61. The van der Waals surface area contributed by atoms with Crippen molar-refractivity contribution in [3.8, 4) is 0 Å². The van der Waals surface area contributed by atoms with Gasteiger partial charge in [0.25, 0.3) is 11.8 Å². The Morgan fingerprint density at radius 1 is 0.797 bits per heavy atom. The number of H-pyrrole nitrogens is 1. The van der Waals surface area contributed by atoms with Crippen molar-refractivity contribution in [2.45, 2.75) is 155 Å². The van der Waals surface area contributed by atoms with Gasteiger partial charge in [-0.05, 0) is 94.5 Å². The average molecular weight is 1020 g/mol. The second-order valence-corrected chi connectivity index (χ2v) is 20.1. The van der Waals surface area contributed by atoms with Crippen molar-refractivity contribution in [2.24, 2.45) is 17.4 Å². The van der Waals surface area contributed by atoms with E-state index in [0.29, 0.717) is 64.6 Å². The van der Waals surface area contributed by atoms with Gasteiger partial charge < -0.3 is 41.9 Å². The zero-order valence-corrected chi connectivity index (χ0v) is 43.6. The summed E-state index contributed by atoms with van der Waals surface area (Å²) < 4.78 is 11.4. The summed E-state index contributed by atoms with van der Waals surface area (Å²) in [6.07, 6.45) is 2.08. The number of amides is 8. The molecule has 5 rings (SSSR count). The number of carbonyl (C=O) groups excluding carboxylic acids is 8. The number of primary amides is 1. The number of carbonyl (C=O) groups is 8. The number of rotatable bonds is 26. The summed E-state index contributed by atoms with van der Waals surface area (Å²) in [5, 5.41) is 11.3. The van der Waals surface area contributed by atoms with Gasteiger partial charge in [-0.1, -0.05) is 112 Å². The standard InChI is InChI=1S/C55H75N9O10/c1-7-8-26-45(48(57)66)64(47(65)28-27-36(2)3)62-31-29-43(51(62)69)59-49(67)44(32-37-19-11-9-12-20-37)60-50(68)46(33-39-34-58-41-24-16-15-23-40(39)41)63(54(72)73-35-38-21-13-10-14-22-38)52(70)42(25-17-18-30-56)61-53(71)74-55(4,5)6/h9-16,19-24,34,36,42-46,58H,7-8,17-18,25-33,35,56H2,1-6H3,(H2,57,66)(H,59,67)(H,60,68)(H,61,71)/t42-,43-,44+,45?,46+/m0/s1. The number of nitrogens with two attached hydrogens (primary N) is 2. The maximum absolute atomic E-state index is 15.4. The number of fused-ring (bicyclic) bond motifs is 1. The number of aromatic nitrogens is 1. The molecule has 1 aliphatic heterocycles. The number of hydrogen-bond acceptors (Lipinski definition) is 11. The highest BCUT2D eigenvalue weighted by atomic mass is 16.6. The van der Waals surface area contributed by atoms with Gasteiger partial charge in [0.2, 0.25) is 23.6 Å². The average Bonchev–Trinajstić information content (AvgIpc) is 3.94. The van der Waals surface area contributed by atoms with Crippen LogP contribution < -0.4 is 27.4 Å². The van der Waals surface area contributed by atoms with E-state index < -0.39 is 83.4 Å². The van der Waals surface area contributed by atoms with Crippen LogP contribution in [0.5, 0.6) is 0 Å². The molecule has 19 nitrogen and oxygen atoms in total. The lowest BCUT2D eigenvalue weighted by Gasteiger charge is -2.37. The van der Waals surface area contributed by atoms with Crippen LogP contribution in [0.3, 0.4) is 0 Å². The van der Waals surface area contributed by atoms with Crippen LogP contribution in [-0.4, -0.2) is 116 Å². The van der Waals surface area contributed by atoms with Crippen molar-refractivity contribution in [2.75, 3.05) is 13.1 Å². The number of alkyl carbamates (subject to hydrolysis) is 1. The molecule has 0 bridgehead atoms. The van der Waals surface area contributed by atoms with E-state index in [1.807, 2.05) is 39.0 Å². The van der Waals surface area contributed by atoms with E-state index in [2.05, 4.69) is 20.9 Å². The fourth-order valence-corrected chi connectivity index (χ4v) is 8.74. The third-order valence-corrected chi connectivity index (χ3v) is 12.6. The first-order valence-corrected chi connectivity index (χ1v) is 25.7. The molecule has 1 aromatic heterocycles. The highest BCUT2D eigenvalue weighted by Gasteiger charge is 2.45. The van der Waals surface area contributed by atoms with Gasteiger partial charge in [0, 0.05) is 42.9 Å². The molecule has 400 valence electrons. The van der Waals surface area contributed by atoms with Crippen LogP contribution in [0.25, 0.3) is 10.9 Å². The smallest absolute Gasteiger partial charge is 0.417 e. The van der Waals surface area contributed by atoms with Gasteiger partial charge in [-0.2, -0.15) is 0 Å². The van der Waals surface area contributed by atoms with Crippen LogP contribution in [0.15, 0.2) is 91.1 Å². The SMILES string of the molecule is CCCCC(C(N)=O)N(C(=O)CCC(C)C)N1CC[C@H](NC(=O)[C@@H](Cc2ccccc2)NC(=O)[C@@H](Cc2c[nH]c3ccccc23)N(C(=O)OCc2ccccc2)C(=O)[C@H](CCCCN)NC(=O)OC(C)(C)C)C1=O. The third-order valence-electron chi connectivity index (χ3n) is 12.6. The lowest BCUT2D eigenvalue weighted by atomic mass is 9.99. The Kier molecular flexibility index (Phi) is 21.6. The first-order chi connectivity index (χ1) is 35.3. The Hall–Kier alpha value is -7.28. The molecule has 1 unspecified atom stereocenters. The van der Waals surface area contributed by atoms with Crippen molar-refractivity contribution in [1.29, 1.82) is 0 Å². The number of hydrazine groups is 1. The number of para-hydroxylation sites is 1. The number of unbranched alkanes of at least 4 members (excludes halogenated alkanes) is 2. The normalized spacial score (nSPS) is 15.2. The van der Waals surface area contributed by atoms with E-state index in [-0.39, 0.29) is 64.1 Å². The number of aromatic amines is 1. The molecule has 2 heterocycles. The van der Waals surface area contributed by atoms with Gasteiger partial charge in [0.1, 0.15) is 42.4 Å². The first-order valence-electron chi connectivity index (χ1n) is 25.7. The van der Waals surface area contributed by atoms with Crippen LogP contribution in [0.4, 0.5) is 9.59 Å². The van der Waals surface area contributed by atoms with Crippen molar-refractivity contribution in [3.05, 3.63) is 108 Å². The maximum atomic E-state index is 15.4. The summed E-state index contributed by atoms with van der Waals surface area (Å²) in [5.74, 6) is -4.38. The van der Waals surface area contributed by atoms with Gasteiger partial charge in [-0.15, -0.1) is 0 Å². The molecule has 0 saturated carbocycles. The van der Waals surface area contributed by atoms with Crippen molar-refractivity contribution in [3.63, 3.8) is 0 Å². The molecule has 19 heteroatoms. The van der Waals surface area contributed by atoms with E-state index >= 15 is 9.59 Å². The molecule has 1 aliphatic rings. The summed E-state index contributed by atoms with van der Waals surface area (Å²) in [7, 11) is 0. The molecular weight excluding hydrogens is 947 g/mol. The van der Waals surface area contributed by atoms with Gasteiger partial charge >= 0.3 is 12.2 Å². The highest BCUT2D eigenvalue weighted by Crippen LogP contribution is 2.25. The first kappa shape index (κ1) is 57.6. The Morgan fingerprint density at radius 2 is 1.46 bits per heavy atom. The van der Waals surface area contributed by atoms with E-state index in [0.717, 1.165) is 5.01 Å². The second-order valence-electron chi connectivity index (χ2n) is 20.1. The number of nitrogens with zero attached hydrogens (tertiary/aromatic N) is 3. The molecule has 1 saturated heterocycles. The molecule has 8 N–H and O–H groups in total. The number of imide groups is 1. The molecule has 0 radical (unpaired) electrons. The predicted molar refractivity (Wildman–Crippen MR) is 279 cm³/mol. The number of hydrogen-bond donors (Lipinski definition) is 6. The van der Waals surface area contributed by atoms with E-state index in [9.17, 15) is 28.8 Å². The van der Waals surface area contributed by atoms with E-state index in [1.54, 1.807) is 93.7 Å². The minimum atomic E-state index is -1.71. The quantitative estimate of drug-likeness (QED) is 0.0401. The van der Waals surface area contributed by atoms with Gasteiger partial charge in [-0.25, -0.2) is 24.5 Å². The minimum absolute atomic E-state index is 0.00415. The second kappa shape index (κ2) is 27.7. The Bertz CT molecular complexity index is 2530. The Morgan fingerprint density at radius 3 is 2.09 bits per heavy atom. The van der Waals surface area contributed by atoms with Crippen LogP contribution in [0.2, 0.25) is 0 Å². The Balaban J connectivity index is 1.56. The maximum Gasteiger partial charge on any atom is 0.417 e. The van der Waals surface area contributed by atoms with Gasteiger partial charge in [0.15, 0.2) is 0 Å². The van der Waals surface area contributed by atoms with Crippen LogP contribution in [-0.2, 0) is 57.7 Å². The molecule has 1 fully saturated rings. The van der Waals surface area contributed by atoms with Crippen LogP contribution >= 0.6 is 0 Å². The van der Waals surface area contributed by atoms with Crippen molar-refractivity contribution < 1.29 is 47.8 Å². The lowest BCUT2D eigenvalue weighted by molar-refractivity contribution is -0.169. The van der Waals surface area contributed by atoms with Gasteiger partial charge in [0.05, 0.1) is 0 Å². The summed E-state index contributed by atoms with van der Waals surface area (Å²) >= 11 is 0. The van der Waals surface area contributed by atoms with Crippen molar-refractivity contribution >= 4 is 58.5 Å².